The number of nitrogens with zero attached hydrogens (tertiary/aromatic N) is 2. The van der Waals surface area contributed by atoms with Gasteiger partial charge in [-0.1, -0.05) is 65.2 Å². The smallest absolute Gasteiger partial charge is 0.228 e. The van der Waals surface area contributed by atoms with Crippen LogP contribution in [0.25, 0.3) is 0 Å². The molecule has 44 heavy (non-hydrogen) atoms. The summed E-state index contributed by atoms with van der Waals surface area (Å²) in [5, 5.41) is 10.6. The fourth-order valence-corrected chi connectivity index (χ4v) is 9.87. The van der Waals surface area contributed by atoms with Crippen molar-refractivity contribution < 1.29 is 9.18 Å². The van der Waals surface area contributed by atoms with Crippen molar-refractivity contribution in [3.63, 3.8) is 0 Å². The summed E-state index contributed by atoms with van der Waals surface area (Å²) in [6, 6.07) is -0.295. The number of hydrogen-bond acceptors (Lipinski definition) is 7. The number of halogens is 1. The third-order valence-corrected chi connectivity index (χ3v) is 12.5. The fraction of sp³-hybridized carbons (Fsp3) is 0.886. The largest absolute Gasteiger partial charge is 0.385 e. The highest BCUT2D eigenvalue weighted by Crippen LogP contribution is 2.46. The summed E-state index contributed by atoms with van der Waals surface area (Å²) in [6.07, 6.45) is 17.8. The SMILES string of the molecule is CCC(CC)C1(C)NCCN1C1CC(C2CCCCC2)=NCC1NC(=O)C(C(N)N)C1CC2(CCCCC2)CC/C(F)=C\N1. The Morgan fingerprint density at radius 1 is 1.11 bits per heavy atom. The Balaban J connectivity index is 1.41. The van der Waals surface area contributed by atoms with Gasteiger partial charge in [-0.3, -0.25) is 20.0 Å². The van der Waals surface area contributed by atoms with Crippen molar-refractivity contribution in [1.29, 1.82) is 0 Å². The Morgan fingerprint density at radius 3 is 2.50 bits per heavy atom. The second-order valence-corrected chi connectivity index (χ2v) is 15.1. The minimum absolute atomic E-state index is 0.0276. The maximum absolute atomic E-state index is 14.8. The average molecular weight is 616 g/mol. The average Bonchev–Trinajstić information content (AvgIpc) is 3.41. The third-order valence-electron chi connectivity index (χ3n) is 12.5. The molecule has 2 saturated carbocycles. The van der Waals surface area contributed by atoms with E-state index in [0.717, 1.165) is 70.9 Å². The quantitative estimate of drug-likeness (QED) is 0.231. The molecule has 0 aromatic rings. The van der Waals surface area contributed by atoms with Gasteiger partial charge in [0.15, 0.2) is 0 Å². The van der Waals surface area contributed by atoms with E-state index in [1.165, 1.54) is 50.4 Å². The molecule has 5 rings (SSSR count). The summed E-state index contributed by atoms with van der Waals surface area (Å²) < 4.78 is 14.8. The molecule has 0 aromatic heterocycles. The number of hydrogen-bond donors (Lipinski definition) is 5. The van der Waals surface area contributed by atoms with Gasteiger partial charge in [-0.05, 0) is 62.7 Å². The fourth-order valence-electron chi connectivity index (χ4n) is 9.87. The number of carbonyl (C=O) groups is 1. The molecular weight excluding hydrogens is 553 g/mol. The molecule has 1 spiro atoms. The maximum atomic E-state index is 14.8. The minimum atomic E-state index is -0.851. The number of rotatable bonds is 9. The molecule has 1 saturated heterocycles. The zero-order chi connectivity index (χ0) is 31.3. The summed E-state index contributed by atoms with van der Waals surface area (Å²) in [5.74, 6) is 0.137. The van der Waals surface area contributed by atoms with Crippen LogP contribution in [0.3, 0.4) is 0 Å². The lowest BCUT2D eigenvalue weighted by Crippen LogP contribution is -2.66. The van der Waals surface area contributed by atoms with E-state index >= 15 is 0 Å². The number of aliphatic imine (C=N–C) groups is 1. The maximum Gasteiger partial charge on any atom is 0.228 e. The highest BCUT2D eigenvalue weighted by atomic mass is 19.1. The molecular formula is C35H62FN7O. The van der Waals surface area contributed by atoms with Gasteiger partial charge in [-0.25, -0.2) is 4.39 Å². The van der Waals surface area contributed by atoms with Gasteiger partial charge in [0.1, 0.15) is 5.83 Å². The molecule has 2 aliphatic carbocycles. The molecule has 0 radical (unpaired) electrons. The van der Waals surface area contributed by atoms with Crippen molar-refractivity contribution in [2.45, 2.75) is 153 Å². The van der Waals surface area contributed by atoms with Crippen LogP contribution in [0, 0.1) is 23.2 Å². The number of allylic oxidation sites excluding steroid dienone is 1. The summed E-state index contributed by atoms with van der Waals surface area (Å²) in [7, 11) is 0. The molecule has 0 aromatic carbocycles. The molecule has 1 amide bonds. The predicted octanol–water partition coefficient (Wildman–Crippen LogP) is 5.09. The molecule has 3 heterocycles. The van der Waals surface area contributed by atoms with Gasteiger partial charge in [0.05, 0.1) is 30.3 Å². The summed E-state index contributed by atoms with van der Waals surface area (Å²) in [6.45, 7) is 9.43. The van der Waals surface area contributed by atoms with Crippen LogP contribution in [0.1, 0.15) is 124 Å². The number of amides is 1. The molecule has 0 bridgehead atoms. The lowest BCUT2D eigenvalue weighted by molar-refractivity contribution is -0.128. The van der Waals surface area contributed by atoms with Gasteiger partial charge in [-0.2, -0.15) is 0 Å². The molecule has 5 atom stereocenters. The Kier molecular flexibility index (Phi) is 11.5. The van der Waals surface area contributed by atoms with Crippen LogP contribution < -0.4 is 27.4 Å². The van der Waals surface area contributed by atoms with Gasteiger partial charge in [0.2, 0.25) is 5.91 Å². The van der Waals surface area contributed by atoms with Crippen molar-refractivity contribution in [3.8, 4) is 0 Å². The Bertz CT molecular complexity index is 1020. The standard InChI is InChI=1S/C35H62FN7O/c1-4-25(5-2)34(3)41-18-19-43(34)30-20-27(24-12-8-6-9-13-24)40-23-29(30)42-33(44)31(32(37)38)28-21-35(15-10-7-11-16-35)17-14-26(36)22-39-28/h22,24-25,28-32,39,41H,4-21,23,37-38H2,1-3H3,(H,42,44)/b26-22+. The molecule has 8 nitrogen and oxygen atoms in total. The zero-order valence-electron chi connectivity index (χ0n) is 27.9. The number of nitrogens with one attached hydrogen (secondary N) is 3. The molecule has 9 heteroatoms. The first kappa shape index (κ1) is 33.8. The topological polar surface area (TPSA) is 121 Å². The molecule has 7 N–H and O–H groups in total. The third kappa shape index (κ3) is 7.37. The van der Waals surface area contributed by atoms with E-state index in [0.29, 0.717) is 24.8 Å². The van der Waals surface area contributed by atoms with Gasteiger partial charge in [-0.15, -0.1) is 0 Å². The van der Waals surface area contributed by atoms with Crippen LogP contribution >= 0.6 is 0 Å². The normalized spacial score (nSPS) is 34.1. The van der Waals surface area contributed by atoms with Crippen LogP contribution in [0.5, 0.6) is 0 Å². The van der Waals surface area contributed by atoms with Crippen LogP contribution in [-0.4, -0.2) is 66.1 Å². The van der Waals surface area contributed by atoms with Gasteiger partial charge in [0.25, 0.3) is 0 Å². The van der Waals surface area contributed by atoms with E-state index in [1.807, 2.05) is 0 Å². The molecule has 3 aliphatic heterocycles. The van der Waals surface area contributed by atoms with E-state index in [2.05, 4.69) is 41.6 Å². The number of nitrogens with two attached hydrogens (primary N) is 2. The van der Waals surface area contributed by atoms with Crippen molar-refractivity contribution in [1.82, 2.24) is 20.9 Å². The first-order chi connectivity index (χ1) is 21.2. The Morgan fingerprint density at radius 2 is 1.82 bits per heavy atom. The van der Waals surface area contributed by atoms with Gasteiger partial charge in [0, 0.05) is 49.9 Å². The molecule has 3 fully saturated rings. The summed E-state index contributed by atoms with van der Waals surface area (Å²) in [4.78, 5) is 22.2. The van der Waals surface area contributed by atoms with E-state index in [4.69, 9.17) is 16.5 Å². The lowest BCUT2D eigenvalue weighted by atomic mass is 9.65. The number of carbonyl (C=O) groups excluding carboxylic acids is 1. The van der Waals surface area contributed by atoms with Crippen molar-refractivity contribution in [3.05, 3.63) is 12.0 Å². The molecule has 250 valence electrons. The van der Waals surface area contributed by atoms with Crippen LogP contribution in [-0.2, 0) is 4.79 Å². The zero-order valence-corrected chi connectivity index (χ0v) is 27.9. The second kappa shape index (κ2) is 14.9. The highest BCUT2D eigenvalue weighted by molar-refractivity contribution is 5.88. The van der Waals surface area contributed by atoms with E-state index in [1.54, 1.807) is 0 Å². The van der Waals surface area contributed by atoms with Crippen molar-refractivity contribution in [2.24, 2.45) is 39.6 Å². The summed E-state index contributed by atoms with van der Waals surface area (Å²) in [5.41, 5.74) is 14.1. The first-order valence-electron chi connectivity index (χ1n) is 18.2. The second-order valence-electron chi connectivity index (χ2n) is 15.1. The molecule has 5 unspecified atom stereocenters. The molecule has 5 aliphatic rings. The lowest BCUT2D eigenvalue weighted by Gasteiger charge is -2.49. The van der Waals surface area contributed by atoms with Crippen LogP contribution in [0.15, 0.2) is 17.0 Å². The first-order valence-corrected chi connectivity index (χ1v) is 18.2. The summed E-state index contributed by atoms with van der Waals surface area (Å²) >= 11 is 0. The van der Waals surface area contributed by atoms with E-state index < -0.39 is 12.1 Å². The van der Waals surface area contributed by atoms with Crippen molar-refractivity contribution in [2.75, 3.05) is 19.6 Å². The van der Waals surface area contributed by atoms with Crippen LogP contribution in [0.4, 0.5) is 4.39 Å². The monoisotopic (exact) mass is 615 g/mol. The Hall–Kier alpha value is -1.55. The van der Waals surface area contributed by atoms with Crippen LogP contribution in [0.2, 0.25) is 0 Å². The van der Waals surface area contributed by atoms with E-state index in [9.17, 15) is 9.18 Å². The minimum Gasteiger partial charge on any atom is -0.385 e. The Labute approximate surface area is 266 Å². The van der Waals surface area contributed by atoms with Gasteiger partial charge >= 0.3 is 0 Å². The van der Waals surface area contributed by atoms with Gasteiger partial charge < -0.3 is 22.1 Å². The van der Waals surface area contributed by atoms with Crippen molar-refractivity contribution >= 4 is 11.6 Å². The highest BCUT2D eigenvalue weighted by Gasteiger charge is 2.49. The van der Waals surface area contributed by atoms with E-state index in [-0.39, 0.29) is 40.9 Å². The predicted molar refractivity (Wildman–Crippen MR) is 178 cm³/mol.